The van der Waals surface area contributed by atoms with Gasteiger partial charge in [0.1, 0.15) is 5.60 Å². The zero-order valence-electron chi connectivity index (χ0n) is 9.17. The third kappa shape index (κ3) is 0.833. The van der Waals surface area contributed by atoms with Crippen LogP contribution in [0.5, 0.6) is 0 Å². The lowest BCUT2D eigenvalue weighted by Gasteiger charge is -2.43. The summed E-state index contributed by atoms with van der Waals surface area (Å²) < 4.78 is 109. The van der Waals surface area contributed by atoms with Gasteiger partial charge >= 0.3 is 17.8 Å². The first-order chi connectivity index (χ1) is 8.31. The van der Waals surface area contributed by atoms with Gasteiger partial charge in [-0.2, -0.15) is 26.3 Å². The highest BCUT2D eigenvalue weighted by atomic mass is 19.4. The second-order valence-electron chi connectivity index (χ2n) is 5.56. The van der Waals surface area contributed by atoms with Crippen LogP contribution in [0, 0.1) is 5.92 Å². The Balaban J connectivity index is 2.37. The standard InChI is InChI=1S/C10H8F8O/c11-6-4-1-2-5(19,3-4)7(6,12)9(15,16)10(17,18)8(6,13)14/h4,19H,1-3H2. The van der Waals surface area contributed by atoms with E-state index in [4.69, 9.17) is 0 Å². The van der Waals surface area contributed by atoms with Crippen molar-refractivity contribution in [1.82, 2.24) is 0 Å². The normalized spacial score (nSPS) is 56.4. The number of aliphatic hydroxyl groups is 1. The first kappa shape index (κ1) is 13.4. The van der Waals surface area contributed by atoms with Crippen LogP contribution in [-0.2, 0) is 0 Å². The average Bonchev–Trinajstić information content (AvgIpc) is 2.76. The van der Waals surface area contributed by atoms with Crippen LogP contribution in [0.25, 0.3) is 0 Å². The highest BCUT2D eigenvalue weighted by Crippen LogP contribution is 2.80. The number of hydrogen-bond acceptors (Lipinski definition) is 1. The molecule has 3 saturated carbocycles. The van der Waals surface area contributed by atoms with Gasteiger partial charge in [-0.15, -0.1) is 0 Å². The van der Waals surface area contributed by atoms with E-state index in [1.54, 1.807) is 0 Å². The van der Waals surface area contributed by atoms with Crippen LogP contribution in [0.15, 0.2) is 0 Å². The Morgan fingerprint density at radius 1 is 0.789 bits per heavy atom. The van der Waals surface area contributed by atoms with Crippen molar-refractivity contribution in [2.24, 2.45) is 5.92 Å². The Morgan fingerprint density at radius 2 is 1.32 bits per heavy atom. The van der Waals surface area contributed by atoms with E-state index in [1.807, 2.05) is 0 Å². The van der Waals surface area contributed by atoms with Crippen molar-refractivity contribution in [3.05, 3.63) is 0 Å². The van der Waals surface area contributed by atoms with Crippen molar-refractivity contribution < 1.29 is 40.2 Å². The highest BCUT2D eigenvalue weighted by Gasteiger charge is 3.06. The zero-order valence-corrected chi connectivity index (χ0v) is 9.17. The maximum atomic E-state index is 14.4. The Morgan fingerprint density at radius 3 is 1.79 bits per heavy atom. The molecule has 0 heterocycles. The van der Waals surface area contributed by atoms with Gasteiger partial charge in [-0.05, 0) is 19.3 Å². The Kier molecular flexibility index (Phi) is 1.92. The molecule has 4 atom stereocenters. The van der Waals surface area contributed by atoms with Gasteiger partial charge in [0.25, 0.3) is 0 Å². The third-order valence-electron chi connectivity index (χ3n) is 4.87. The van der Waals surface area contributed by atoms with E-state index >= 15 is 0 Å². The molecule has 110 valence electrons. The summed E-state index contributed by atoms with van der Waals surface area (Å²) in [5.41, 5.74) is -12.9. The molecular weight excluding hydrogens is 288 g/mol. The van der Waals surface area contributed by atoms with Crippen LogP contribution in [0.1, 0.15) is 19.3 Å². The van der Waals surface area contributed by atoms with Gasteiger partial charge in [0, 0.05) is 5.92 Å². The average molecular weight is 296 g/mol. The van der Waals surface area contributed by atoms with Crippen LogP contribution in [-0.4, -0.2) is 39.8 Å². The molecule has 0 aromatic heterocycles. The maximum absolute atomic E-state index is 14.4. The minimum Gasteiger partial charge on any atom is -0.386 e. The number of alkyl halides is 8. The van der Waals surface area contributed by atoms with Gasteiger partial charge in [0.05, 0.1) is 0 Å². The summed E-state index contributed by atoms with van der Waals surface area (Å²) in [5.74, 6) is -20.1. The second kappa shape index (κ2) is 2.73. The summed E-state index contributed by atoms with van der Waals surface area (Å²) in [6, 6.07) is 0. The minimum absolute atomic E-state index is 0.541. The summed E-state index contributed by atoms with van der Waals surface area (Å²) in [6.07, 6.45) is -2.30. The molecular formula is C10H8F8O. The van der Waals surface area contributed by atoms with E-state index in [9.17, 15) is 40.2 Å². The first-order valence-electron chi connectivity index (χ1n) is 5.55. The number of rotatable bonds is 0. The molecule has 0 aromatic rings. The fourth-order valence-electron chi connectivity index (χ4n) is 3.93. The summed E-state index contributed by atoms with van der Waals surface area (Å²) in [4.78, 5) is 0. The van der Waals surface area contributed by atoms with Crippen LogP contribution >= 0.6 is 0 Å². The largest absolute Gasteiger partial charge is 0.386 e. The number of halogens is 8. The molecule has 3 fully saturated rings. The first-order valence-corrected chi connectivity index (χ1v) is 5.55. The van der Waals surface area contributed by atoms with Crippen molar-refractivity contribution in [3.8, 4) is 0 Å². The van der Waals surface area contributed by atoms with Gasteiger partial charge in [-0.3, -0.25) is 0 Å². The van der Waals surface area contributed by atoms with Crippen molar-refractivity contribution in [2.75, 3.05) is 0 Å². The van der Waals surface area contributed by atoms with Gasteiger partial charge < -0.3 is 5.11 Å². The molecule has 0 aliphatic heterocycles. The van der Waals surface area contributed by atoms with Crippen LogP contribution in [0.3, 0.4) is 0 Å². The van der Waals surface area contributed by atoms with Crippen LogP contribution in [0.4, 0.5) is 35.1 Å². The minimum atomic E-state index is -6.19. The van der Waals surface area contributed by atoms with Gasteiger partial charge in [-0.25, -0.2) is 8.78 Å². The summed E-state index contributed by atoms with van der Waals surface area (Å²) in [5, 5.41) is 9.67. The molecule has 3 rings (SSSR count). The molecule has 0 radical (unpaired) electrons. The molecule has 4 unspecified atom stereocenters. The van der Waals surface area contributed by atoms with Crippen molar-refractivity contribution in [1.29, 1.82) is 0 Å². The maximum Gasteiger partial charge on any atom is 0.378 e. The van der Waals surface area contributed by atoms with Gasteiger partial charge in [0.15, 0.2) is 0 Å². The fraction of sp³-hybridized carbons (Fsp3) is 1.00. The monoisotopic (exact) mass is 296 g/mol. The molecule has 0 amide bonds. The van der Waals surface area contributed by atoms with Crippen molar-refractivity contribution in [2.45, 2.75) is 54.0 Å². The second-order valence-corrected chi connectivity index (χ2v) is 5.56. The lowest BCUT2D eigenvalue weighted by molar-refractivity contribution is -0.305. The van der Waals surface area contributed by atoms with Gasteiger partial charge in [-0.1, -0.05) is 0 Å². The lowest BCUT2D eigenvalue weighted by Crippen LogP contribution is -2.67. The smallest absolute Gasteiger partial charge is 0.378 e. The lowest BCUT2D eigenvalue weighted by atomic mass is 9.72. The fourth-order valence-corrected chi connectivity index (χ4v) is 3.93. The van der Waals surface area contributed by atoms with Crippen molar-refractivity contribution >= 4 is 0 Å². The zero-order chi connectivity index (χ0) is 14.7. The molecule has 0 saturated heterocycles. The van der Waals surface area contributed by atoms with E-state index < -0.39 is 59.9 Å². The number of fused-ring (bicyclic) bond motifs is 5. The number of hydrogen-bond donors (Lipinski definition) is 1. The van der Waals surface area contributed by atoms with E-state index in [2.05, 4.69) is 0 Å². The quantitative estimate of drug-likeness (QED) is 0.682. The Labute approximate surface area is 101 Å². The van der Waals surface area contributed by atoms with E-state index in [0.717, 1.165) is 0 Å². The molecule has 19 heavy (non-hydrogen) atoms. The topological polar surface area (TPSA) is 20.2 Å². The Bertz CT molecular complexity index is 464. The van der Waals surface area contributed by atoms with E-state index in [-0.39, 0.29) is 0 Å². The molecule has 1 N–H and O–H groups in total. The molecule has 3 aliphatic carbocycles. The molecule has 1 nitrogen and oxygen atoms in total. The summed E-state index contributed by atoms with van der Waals surface area (Å²) in [7, 11) is 0. The van der Waals surface area contributed by atoms with Crippen LogP contribution < -0.4 is 0 Å². The highest BCUT2D eigenvalue weighted by molar-refractivity contribution is 5.42. The molecule has 3 aliphatic rings. The molecule has 2 bridgehead atoms. The van der Waals surface area contributed by atoms with Gasteiger partial charge in [0.2, 0.25) is 11.3 Å². The predicted octanol–water partition coefficient (Wildman–Crippen LogP) is 2.87. The SMILES string of the molecule is OC12CCC(C1)C1(F)C(F)(F)C(F)(F)C(F)(F)C21F. The summed E-state index contributed by atoms with van der Waals surface area (Å²) in [6.45, 7) is 0. The van der Waals surface area contributed by atoms with Crippen LogP contribution in [0.2, 0.25) is 0 Å². The molecule has 0 aromatic carbocycles. The Hall–Kier alpha value is -0.600. The van der Waals surface area contributed by atoms with E-state index in [0.29, 0.717) is 0 Å². The predicted molar refractivity (Wildman–Crippen MR) is 44.8 cm³/mol. The summed E-state index contributed by atoms with van der Waals surface area (Å²) >= 11 is 0. The molecule has 0 spiro atoms. The molecule has 9 heteroatoms. The van der Waals surface area contributed by atoms with E-state index in [1.165, 1.54) is 0 Å². The van der Waals surface area contributed by atoms with Crippen molar-refractivity contribution in [3.63, 3.8) is 0 Å². The third-order valence-corrected chi connectivity index (χ3v) is 4.87.